The molecule has 0 saturated carbocycles. The van der Waals surface area contributed by atoms with Gasteiger partial charge in [0.05, 0.1) is 26.7 Å². The Labute approximate surface area is 76.1 Å². The maximum absolute atomic E-state index is 8.88. The lowest BCUT2D eigenvalue weighted by molar-refractivity contribution is -0.904. The van der Waals surface area contributed by atoms with Crippen molar-refractivity contribution in [1.82, 2.24) is 0 Å². The van der Waals surface area contributed by atoms with Gasteiger partial charge in [0.1, 0.15) is 6.54 Å². The maximum atomic E-state index is 8.88. The molecule has 0 aromatic rings. The van der Waals surface area contributed by atoms with Crippen molar-refractivity contribution < 1.29 is 9.59 Å². The van der Waals surface area contributed by atoms with E-state index in [-0.39, 0.29) is 6.61 Å². The summed E-state index contributed by atoms with van der Waals surface area (Å²) in [7, 11) is 2.17. The van der Waals surface area contributed by atoms with Gasteiger partial charge in [0, 0.05) is 0 Å². The molecule has 0 radical (unpaired) electrons. The van der Waals surface area contributed by atoms with Gasteiger partial charge in [-0.2, -0.15) is 0 Å². The number of aliphatic hydroxyl groups excluding tert-OH is 1. The summed E-state index contributed by atoms with van der Waals surface area (Å²) in [5, 5.41) is 8.88. The van der Waals surface area contributed by atoms with Gasteiger partial charge in [0.2, 0.25) is 0 Å². The molecule has 2 heteroatoms. The molecule has 0 fully saturated rings. The van der Waals surface area contributed by atoms with Crippen LogP contribution in [-0.4, -0.2) is 42.9 Å². The van der Waals surface area contributed by atoms with Crippen LogP contribution < -0.4 is 0 Å². The van der Waals surface area contributed by atoms with Crippen LogP contribution >= 0.6 is 0 Å². The van der Waals surface area contributed by atoms with Gasteiger partial charge in [-0.3, -0.25) is 0 Å². The van der Waals surface area contributed by atoms with E-state index in [2.05, 4.69) is 20.6 Å². The Morgan fingerprint density at radius 3 is 2.50 bits per heavy atom. The maximum Gasteiger partial charge on any atom is 0.102 e. The quantitative estimate of drug-likeness (QED) is 0.455. The van der Waals surface area contributed by atoms with Crippen molar-refractivity contribution in [2.24, 2.45) is 0 Å². The number of aliphatic hydroxyl groups is 1. The van der Waals surface area contributed by atoms with Crippen LogP contribution in [0, 0.1) is 0 Å². The molecule has 0 bridgehead atoms. The lowest BCUT2D eigenvalue weighted by Crippen LogP contribution is -2.46. The van der Waals surface area contributed by atoms with Crippen LogP contribution in [0.25, 0.3) is 0 Å². The van der Waals surface area contributed by atoms with Gasteiger partial charge in [-0.25, -0.2) is 0 Å². The standard InChI is InChI=1S/C10H22NO/c1-4-6-8-11(3,7-5-2)9-10-12/h5,12H,2,4,6-10H2,1,3H3/q+1. The lowest BCUT2D eigenvalue weighted by atomic mass is 10.2. The van der Waals surface area contributed by atoms with E-state index in [1.54, 1.807) is 0 Å². The Morgan fingerprint density at radius 2 is 2.08 bits per heavy atom. The van der Waals surface area contributed by atoms with Gasteiger partial charge in [0.25, 0.3) is 0 Å². The van der Waals surface area contributed by atoms with Crippen molar-refractivity contribution >= 4 is 0 Å². The predicted molar refractivity (Wildman–Crippen MR) is 53.0 cm³/mol. The van der Waals surface area contributed by atoms with Crippen molar-refractivity contribution in [1.29, 1.82) is 0 Å². The lowest BCUT2D eigenvalue weighted by Gasteiger charge is -2.32. The van der Waals surface area contributed by atoms with Crippen LogP contribution in [0.15, 0.2) is 12.7 Å². The summed E-state index contributed by atoms with van der Waals surface area (Å²) in [5.74, 6) is 0. The van der Waals surface area contributed by atoms with E-state index in [1.807, 2.05) is 6.08 Å². The SMILES string of the molecule is C=CC[N+](C)(CCO)CCCC. The van der Waals surface area contributed by atoms with Crippen LogP contribution in [-0.2, 0) is 0 Å². The second-order valence-electron chi connectivity index (χ2n) is 3.62. The monoisotopic (exact) mass is 172 g/mol. The predicted octanol–water partition coefficient (Wildman–Crippen LogP) is 1.41. The zero-order valence-electron chi connectivity index (χ0n) is 8.42. The van der Waals surface area contributed by atoms with Crippen molar-refractivity contribution in [2.45, 2.75) is 19.8 Å². The molecule has 0 aliphatic carbocycles. The fourth-order valence-electron chi connectivity index (χ4n) is 1.39. The Kier molecular flexibility index (Phi) is 6.03. The van der Waals surface area contributed by atoms with Crippen LogP contribution in [0.3, 0.4) is 0 Å². The number of hydrogen-bond acceptors (Lipinski definition) is 1. The molecule has 0 aliphatic rings. The van der Waals surface area contributed by atoms with Crippen LogP contribution in [0.5, 0.6) is 0 Å². The number of likely N-dealkylation sites (N-methyl/N-ethyl adjacent to an activating group) is 1. The van der Waals surface area contributed by atoms with Crippen molar-refractivity contribution in [3.63, 3.8) is 0 Å². The van der Waals surface area contributed by atoms with Gasteiger partial charge < -0.3 is 9.59 Å². The number of nitrogens with zero attached hydrogens (tertiary/aromatic N) is 1. The second kappa shape index (κ2) is 6.21. The largest absolute Gasteiger partial charge is 0.391 e. The summed E-state index contributed by atoms with van der Waals surface area (Å²) in [6.07, 6.45) is 4.38. The van der Waals surface area contributed by atoms with Gasteiger partial charge in [-0.05, 0) is 12.5 Å². The molecule has 1 atom stereocenters. The van der Waals surface area contributed by atoms with Crippen molar-refractivity contribution in [2.75, 3.05) is 33.3 Å². The molecule has 0 saturated heterocycles. The van der Waals surface area contributed by atoms with E-state index in [9.17, 15) is 0 Å². The van der Waals surface area contributed by atoms with E-state index in [0.29, 0.717) is 0 Å². The number of quaternary nitrogens is 1. The molecular weight excluding hydrogens is 150 g/mol. The Balaban J connectivity index is 3.88. The summed E-state index contributed by atoms with van der Waals surface area (Å²) in [6, 6.07) is 0. The van der Waals surface area contributed by atoms with E-state index < -0.39 is 0 Å². The fourth-order valence-corrected chi connectivity index (χ4v) is 1.39. The summed E-state index contributed by atoms with van der Waals surface area (Å²) < 4.78 is 0.924. The number of rotatable bonds is 7. The van der Waals surface area contributed by atoms with E-state index in [1.165, 1.54) is 12.8 Å². The molecular formula is C10H22NO+. The van der Waals surface area contributed by atoms with E-state index in [0.717, 1.165) is 24.1 Å². The minimum Gasteiger partial charge on any atom is -0.391 e. The molecule has 0 aliphatic heterocycles. The molecule has 0 aromatic heterocycles. The summed E-state index contributed by atoms with van der Waals surface area (Å²) in [6.45, 7) is 9.14. The van der Waals surface area contributed by atoms with Gasteiger partial charge in [-0.1, -0.05) is 19.9 Å². The molecule has 1 unspecified atom stereocenters. The molecule has 2 nitrogen and oxygen atoms in total. The summed E-state index contributed by atoms with van der Waals surface area (Å²) in [5.41, 5.74) is 0. The highest BCUT2D eigenvalue weighted by Gasteiger charge is 2.17. The first-order chi connectivity index (χ1) is 5.68. The highest BCUT2D eigenvalue weighted by molar-refractivity contribution is 4.65. The first-order valence-electron chi connectivity index (χ1n) is 4.74. The molecule has 0 spiro atoms. The fraction of sp³-hybridized carbons (Fsp3) is 0.800. The average Bonchev–Trinajstić information content (AvgIpc) is 2.02. The zero-order valence-corrected chi connectivity index (χ0v) is 8.42. The third-order valence-electron chi connectivity index (χ3n) is 2.26. The van der Waals surface area contributed by atoms with E-state index in [4.69, 9.17) is 5.11 Å². The molecule has 0 aromatic carbocycles. The first-order valence-corrected chi connectivity index (χ1v) is 4.74. The molecule has 12 heavy (non-hydrogen) atoms. The van der Waals surface area contributed by atoms with Crippen molar-refractivity contribution in [3.8, 4) is 0 Å². The molecule has 0 amide bonds. The highest BCUT2D eigenvalue weighted by atomic mass is 16.3. The van der Waals surface area contributed by atoms with Gasteiger partial charge in [0.15, 0.2) is 0 Å². The Morgan fingerprint density at radius 1 is 1.42 bits per heavy atom. The minimum absolute atomic E-state index is 0.272. The van der Waals surface area contributed by atoms with Gasteiger partial charge in [-0.15, -0.1) is 0 Å². The van der Waals surface area contributed by atoms with Crippen LogP contribution in [0.4, 0.5) is 0 Å². The Hall–Kier alpha value is -0.340. The number of unbranched alkanes of at least 4 members (excludes halogenated alkanes) is 1. The zero-order chi connectivity index (χ0) is 9.45. The van der Waals surface area contributed by atoms with Crippen LogP contribution in [0.1, 0.15) is 19.8 Å². The third-order valence-corrected chi connectivity index (χ3v) is 2.26. The normalized spacial score (nSPS) is 15.6. The van der Waals surface area contributed by atoms with E-state index >= 15 is 0 Å². The van der Waals surface area contributed by atoms with Crippen molar-refractivity contribution in [3.05, 3.63) is 12.7 Å². The summed E-state index contributed by atoms with van der Waals surface area (Å²) >= 11 is 0. The van der Waals surface area contributed by atoms with Gasteiger partial charge >= 0.3 is 0 Å². The topological polar surface area (TPSA) is 20.2 Å². The molecule has 1 N–H and O–H groups in total. The highest BCUT2D eigenvalue weighted by Crippen LogP contribution is 2.04. The average molecular weight is 172 g/mol. The van der Waals surface area contributed by atoms with Crippen LogP contribution in [0.2, 0.25) is 0 Å². The smallest absolute Gasteiger partial charge is 0.102 e. The molecule has 0 heterocycles. The number of hydrogen-bond donors (Lipinski definition) is 1. The minimum atomic E-state index is 0.272. The second-order valence-corrected chi connectivity index (χ2v) is 3.62. The molecule has 72 valence electrons. The molecule has 0 rings (SSSR count). The third kappa shape index (κ3) is 4.52. The first kappa shape index (κ1) is 11.7. The summed E-state index contributed by atoms with van der Waals surface area (Å²) in [4.78, 5) is 0. The Bertz CT molecular complexity index is 125.